The lowest BCUT2D eigenvalue weighted by Gasteiger charge is -2.03. The van der Waals surface area contributed by atoms with Gasteiger partial charge < -0.3 is 5.11 Å². The molecule has 0 spiro atoms. The lowest BCUT2D eigenvalue weighted by atomic mass is 10.4. The molecule has 0 amide bonds. The molecule has 15 heavy (non-hydrogen) atoms. The molecule has 6 heteroatoms. The highest BCUT2D eigenvalue weighted by atomic mass is 19.4. The largest absolute Gasteiger partial charge is 0.433 e. The Morgan fingerprint density at radius 1 is 1.40 bits per heavy atom. The van der Waals surface area contributed by atoms with Crippen LogP contribution in [0.3, 0.4) is 0 Å². The molecule has 1 N–H and O–H groups in total. The molecule has 0 aliphatic carbocycles. The van der Waals surface area contributed by atoms with Gasteiger partial charge in [-0.2, -0.15) is 13.2 Å². The maximum Gasteiger partial charge on any atom is 0.433 e. The molecular formula is C9H7F3N2O. The molecule has 0 saturated carbocycles. The summed E-state index contributed by atoms with van der Waals surface area (Å²) in [6, 6.07) is 0.775. The normalized spacial score (nSPS) is 10.7. The van der Waals surface area contributed by atoms with Crippen LogP contribution in [0.25, 0.3) is 0 Å². The van der Waals surface area contributed by atoms with Crippen molar-refractivity contribution in [1.82, 2.24) is 9.97 Å². The van der Waals surface area contributed by atoms with E-state index < -0.39 is 11.9 Å². The highest BCUT2D eigenvalue weighted by Gasteiger charge is 2.32. The molecule has 1 aromatic heterocycles. The van der Waals surface area contributed by atoms with Crippen molar-refractivity contribution in [1.29, 1.82) is 0 Å². The van der Waals surface area contributed by atoms with Crippen molar-refractivity contribution >= 4 is 0 Å². The van der Waals surface area contributed by atoms with Crippen molar-refractivity contribution in [3.63, 3.8) is 0 Å². The predicted octanol–water partition coefficient (Wildman–Crippen LogP) is 1.23. The molecule has 0 saturated heterocycles. The first-order valence-corrected chi connectivity index (χ1v) is 4.04. The number of aliphatic hydroxyl groups excluding tert-OH is 1. The number of alkyl halides is 3. The molecule has 1 heterocycles. The van der Waals surface area contributed by atoms with Crippen LogP contribution in [0.2, 0.25) is 0 Å². The zero-order valence-corrected chi connectivity index (χ0v) is 7.54. The number of rotatable bonds is 1. The van der Waals surface area contributed by atoms with Crippen molar-refractivity contribution in [3.05, 3.63) is 23.8 Å². The second-order valence-corrected chi connectivity index (χ2v) is 2.54. The van der Waals surface area contributed by atoms with E-state index in [1.807, 2.05) is 0 Å². The van der Waals surface area contributed by atoms with Crippen LogP contribution in [0.15, 0.2) is 12.3 Å². The Kier molecular flexibility index (Phi) is 3.63. The van der Waals surface area contributed by atoms with Gasteiger partial charge in [0, 0.05) is 12.6 Å². The van der Waals surface area contributed by atoms with E-state index in [0.717, 1.165) is 12.3 Å². The first kappa shape index (κ1) is 11.5. The molecule has 0 aliphatic rings. The molecule has 3 nitrogen and oxygen atoms in total. The molecule has 0 bridgehead atoms. The summed E-state index contributed by atoms with van der Waals surface area (Å²) in [5.41, 5.74) is -1.02. The van der Waals surface area contributed by atoms with Gasteiger partial charge in [0.1, 0.15) is 5.69 Å². The smallest absolute Gasteiger partial charge is 0.395 e. The Morgan fingerprint density at radius 2 is 2.13 bits per heavy atom. The minimum Gasteiger partial charge on any atom is -0.395 e. The Labute approximate surface area is 84.0 Å². The van der Waals surface area contributed by atoms with E-state index in [-0.39, 0.29) is 18.9 Å². The highest BCUT2D eigenvalue weighted by Crippen LogP contribution is 2.26. The van der Waals surface area contributed by atoms with Gasteiger partial charge in [-0.15, -0.1) is 0 Å². The van der Waals surface area contributed by atoms with E-state index in [0.29, 0.717) is 0 Å². The Hall–Kier alpha value is -1.61. The quantitative estimate of drug-likeness (QED) is 0.718. The van der Waals surface area contributed by atoms with Gasteiger partial charge in [0.2, 0.25) is 5.82 Å². The maximum atomic E-state index is 12.2. The van der Waals surface area contributed by atoms with Gasteiger partial charge in [-0.3, -0.25) is 0 Å². The van der Waals surface area contributed by atoms with Gasteiger partial charge >= 0.3 is 6.18 Å². The van der Waals surface area contributed by atoms with Crippen LogP contribution in [0, 0.1) is 11.8 Å². The number of aliphatic hydroxyl groups is 1. The van der Waals surface area contributed by atoms with Crippen LogP contribution in [0.1, 0.15) is 17.9 Å². The van der Waals surface area contributed by atoms with Crippen LogP contribution in [0.4, 0.5) is 13.2 Å². The molecule has 1 aromatic rings. The first-order chi connectivity index (χ1) is 7.04. The summed E-state index contributed by atoms with van der Waals surface area (Å²) >= 11 is 0. The standard InChI is InChI=1S/C9H7F3N2O/c10-9(11,12)7-4-5-13-8(14-7)3-1-2-6-15/h4-5,15H,2,6H2. The van der Waals surface area contributed by atoms with Crippen molar-refractivity contribution in [2.45, 2.75) is 12.6 Å². The van der Waals surface area contributed by atoms with Gasteiger partial charge in [0.15, 0.2) is 0 Å². The molecule has 0 atom stereocenters. The zero-order valence-electron chi connectivity index (χ0n) is 7.54. The van der Waals surface area contributed by atoms with Crippen LogP contribution in [-0.4, -0.2) is 21.7 Å². The average Bonchev–Trinajstić information content (AvgIpc) is 2.17. The fourth-order valence-electron chi connectivity index (χ4n) is 0.774. The summed E-state index contributed by atoms with van der Waals surface area (Å²) in [4.78, 5) is 6.78. The molecule has 0 aliphatic heterocycles. The fourth-order valence-corrected chi connectivity index (χ4v) is 0.774. The summed E-state index contributed by atoms with van der Waals surface area (Å²) in [6.45, 7) is -0.147. The maximum absolute atomic E-state index is 12.2. The van der Waals surface area contributed by atoms with Crippen LogP contribution < -0.4 is 0 Å². The third kappa shape index (κ3) is 3.56. The lowest BCUT2D eigenvalue weighted by molar-refractivity contribution is -0.141. The van der Waals surface area contributed by atoms with Crippen molar-refractivity contribution in [2.24, 2.45) is 0 Å². The Balaban J connectivity index is 2.90. The van der Waals surface area contributed by atoms with E-state index in [2.05, 4.69) is 21.8 Å². The summed E-state index contributed by atoms with van der Waals surface area (Å²) in [6.07, 6.45) is -3.31. The van der Waals surface area contributed by atoms with Crippen LogP contribution in [0.5, 0.6) is 0 Å². The van der Waals surface area contributed by atoms with Crippen LogP contribution in [-0.2, 0) is 6.18 Å². The summed E-state index contributed by atoms with van der Waals surface area (Å²) in [5, 5.41) is 8.40. The van der Waals surface area contributed by atoms with E-state index in [1.54, 1.807) is 0 Å². The monoisotopic (exact) mass is 216 g/mol. The van der Waals surface area contributed by atoms with E-state index in [1.165, 1.54) is 0 Å². The Bertz CT molecular complexity index is 392. The Morgan fingerprint density at radius 3 is 2.73 bits per heavy atom. The number of aromatic nitrogens is 2. The lowest BCUT2D eigenvalue weighted by Crippen LogP contribution is -2.09. The number of halogens is 3. The molecule has 0 aromatic carbocycles. The van der Waals surface area contributed by atoms with Crippen LogP contribution >= 0.6 is 0 Å². The second-order valence-electron chi connectivity index (χ2n) is 2.54. The van der Waals surface area contributed by atoms with Crippen molar-refractivity contribution < 1.29 is 18.3 Å². The zero-order chi connectivity index (χ0) is 11.3. The molecule has 0 fully saturated rings. The highest BCUT2D eigenvalue weighted by molar-refractivity contribution is 5.22. The first-order valence-electron chi connectivity index (χ1n) is 4.04. The molecule has 0 radical (unpaired) electrons. The summed E-state index contributed by atoms with van der Waals surface area (Å²) in [5.74, 6) is 4.57. The molecule has 0 unspecified atom stereocenters. The van der Waals surface area contributed by atoms with Gasteiger partial charge in [-0.05, 0) is 12.0 Å². The van der Waals surface area contributed by atoms with Crippen molar-refractivity contribution in [3.8, 4) is 11.8 Å². The third-order valence-electron chi connectivity index (χ3n) is 1.38. The number of nitrogens with zero attached hydrogens (tertiary/aromatic N) is 2. The topological polar surface area (TPSA) is 46.0 Å². The van der Waals surface area contributed by atoms with Gasteiger partial charge in [-0.1, -0.05) is 5.92 Å². The molecular weight excluding hydrogens is 209 g/mol. The summed E-state index contributed by atoms with van der Waals surface area (Å²) in [7, 11) is 0. The summed E-state index contributed by atoms with van der Waals surface area (Å²) < 4.78 is 36.5. The van der Waals surface area contributed by atoms with Crippen molar-refractivity contribution in [2.75, 3.05) is 6.61 Å². The van der Waals surface area contributed by atoms with E-state index in [9.17, 15) is 13.2 Å². The minimum absolute atomic E-state index is 0.147. The second kappa shape index (κ2) is 4.75. The third-order valence-corrected chi connectivity index (χ3v) is 1.38. The van der Waals surface area contributed by atoms with E-state index in [4.69, 9.17) is 5.11 Å². The SMILES string of the molecule is OCCC#Cc1nccc(C(F)(F)F)n1. The fraction of sp³-hybridized carbons (Fsp3) is 0.333. The predicted molar refractivity (Wildman–Crippen MR) is 45.6 cm³/mol. The molecule has 80 valence electrons. The minimum atomic E-state index is -4.49. The number of hydrogen-bond donors (Lipinski definition) is 1. The van der Waals surface area contributed by atoms with Gasteiger partial charge in [-0.25, -0.2) is 9.97 Å². The van der Waals surface area contributed by atoms with Gasteiger partial charge in [0.25, 0.3) is 0 Å². The van der Waals surface area contributed by atoms with Gasteiger partial charge in [0.05, 0.1) is 6.61 Å². The number of hydrogen-bond acceptors (Lipinski definition) is 3. The molecule has 1 rings (SSSR count). The average molecular weight is 216 g/mol. The van der Waals surface area contributed by atoms with E-state index >= 15 is 0 Å².